The van der Waals surface area contributed by atoms with Gasteiger partial charge in [0.15, 0.2) is 5.78 Å². The minimum Gasteiger partial charge on any atom is -0.393 e. The van der Waals surface area contributed by atoms with Crippen LogP contribution in [0, 0.1) is 34.5 Å². The Labute approximate surface area is 151 Å². The Morgan fingerprint density at radius 1 is 1.04 bits per heavy atom. The lowest BCUT2D eigenvalue weighted by molar-refractivity contribution is -0.201. The number of carbonyl (C=O) groups excluding carboxylic acids is 1. The van der Waals surface area contributed by atoms with Crippen LogP contribution in [0.5, 0.6) is 0 Å². The Hall–Kier alpha value is -0.450. The average Bonchev–Trinajstić information content (AvgIpc) is 2.80. The molecular weight excluding hydrogens is 316 g/mol. The first kappa shape index (κ1) is 17.9. The van der Waals surface area contributed by atoms with Gasteiger partial charge in [-0.15, -0.1) is 0 Å². The highest BCUT2D eigenvalue weighted by atomic mass is 16.3. The van der Waals surface area contributed by atoms with Crippen LogP contribution in [0.3, 0.4) is 0 Å². The first-order valence-corrected chi connectivity index (χ1v) is 10.2. The SMILES string of the molecule is CC(=O)[C@@]1(O)CC[C@@H]2[C@@H]3CC[C@@H]4C[C@H](O)CC[C@]4(C)[C@@H]3[C@H](O)C[C@]21C. The van der Waals surface area contributed by atoms with Crippen LogP contribution in [0.15, 0.2) is 0 Å². The monoisotopic (exact) mass is 350 g/mol. The summed E-state index contributed by atoms with van der Waals surface area (Å²) in [6.45, 7) is 5.88. The zero-order chi connectivity index (χ0) is 18.2. The third kappa shape index (κ3) is 2.20. The van der Waals surface area contributed by atoms with Crippen molar-refractivity contribution in [2.45, 2.75) is 89.9 Å². The molecule has 3 N–H and O–H groups in total. The largest absolute Gasteiger partial charge is 0.393 e. The summed E-state index contributed by atoms with van der Waals surface area (Å²) in [4.78, 5) is 12.3. The van der Waals surface area contributed by atoms with Gasteiger partial charge < -0.3 is 15.3 Å². The van der Waals surface area contributed by atoms with Crippen LogP contribution in [0.2, 0.25) is 0 Å². The average molecular weight is 350 g/mol. The molecule has 4 heteroatoms. The van der Waals surface area contributed by atoms with E-state index in [0.717, 1.165) is 38.5 Å². The van der Waals surface area contributed by atoms with E-state index >= 15 is 0 Å². The lowest BCUT2D eigenvalue weighted by Gasteiger charge is -2.62. The maximum atomic E-state index is 12.3. The van der Waals surface area contributed by atoms with Gasteiger partial charge in [-0.25, -0.2) is 0 Å². The molecule has 0 spiro atoms. The number of aliphatic hydroxyl groups is 3. The molecule has 4 saturated carbocycles. The Bertz CT molecular complexity index is 576. The summed E-state index contributed by atoms with van der Waals surface area (Å²) >= 11 is 0. The molecule has 0 saturated heterocycles. The predicted molar refractivity (Wildman–Crippen MR) is 94.8 cm³/mol. The molecule has 142 valence electrons. The van der Waals surface area contributed by atoms with Gasteiger partial charge >= 0.3 is 0 Å². The first-order chi connectivity index (χ1) is 11.6. The van der Waals surface area contributed by atoms with Crippen LogP contribution in [-0.2, 0) is 4.79 Å². The maximum absolute atomic E-state index is 12.3. The molecule has 0 radical (unpaired) electrons. The van der Waals surface area contributed by atoms with E-state index in [4.69, 9.17) is 0 Å². The molecule has 0 heterocycles. The van der Waals surface area contributed by atoms with Gasteiger partial charge in [-0.05, 0) is 87.4 Å². The Balaban J connectivity index is 1.70. The van der Waals surface area contributed by atoms with Gasteiger partial charge in [0.2, 0.25) is 0 Å². The summed E-state index contributed by atoms with van der Waals surface area (Å²) in [5.74, 6) is 1.30. The molecule has 0 unspecified atom stereocenters. The highest BCUT2D eigenvalue weighted by Gasteiger charge is 2.68. The molecule has 0 aromatic heterocycles. The van der Waals surface area contributed by atoms with Crippen LogP contribution in [0.4, 0.5) is 0 Å². The smallest absolute Gasteiger partial charge is 0.161 e. The van der Waals surface area contributed by atoms with E-state index in [1.807, 2.05) is 6.92 Å². The highest BCUT2D eigenvalue weighted by molar-refractivity contribution is 5.86. The quantitative estimate of drug-likeness (QED) is 0.679. The van der Waals surface area contributed by atoms with Gasteiger partial charge in [0, 0.05) is 5.41 Å². The normalized spacial score (nSPS) is 58.2. The van der Waals surface area contributed by atoms with Crippen molar-refractivity contribution in [1.82, 2.24) is 0 Å². The van der Waals surface area contributed by atoms with Crippen molar-refractivity contribution in [2.75, 3.05) is 0 Å². The van der Waals surface area contributed by atoms with E-state index in [-0.39, 0.29) is 23.2 Å². The highest BCUT2D eigenvalue weighted by Crippen LogP contribution is 2.68. The number of ketones is 1. The Kier molecular flexibility index (Phi) is 3.97. The van der Waals surface area contributed by atoms with E-state index < -0.39 is 17.1 Å². The molecule has 4 aliphatic carbocycles. The second kappa shape index (κ2) is 5.53. The Morgan fingerprint density at radius 3 is 2.44 bits per heavy atom. The lowest BCUT2D eigenvalue weighted by atomic mass is 9.43. The van der Waals surface area contributed by atoms with Crippen molar-refractivity contribution >= 4 is 5.78 Å². The summed E-state index contributed by atoms with van der Waals surface area (Å²) in [5.41, 5.74) is -1.69. The van der Waals surface area contributed by atoms with E-state index in [9.17, 15) is 20.1 Å². The maximum Gasteiger partial charge on any atom is 0.161 e. The molecule has 4 fully saturated rings. The molecule has 0 amide bonds. The van der Waals surface area contributed by atoms with E-state index in [1.165, 1.54) is 6.92 Å². The number of aliphatic hydroxyl groups excluding tert-OH is 2. The van der Waals surface area contributed by atoms with Crippen molar-refractivity contribution in [3.05, 3.63) is 0 Å². The van der Waals surface area contributed by atoms with Gasteiger partial charge in [-0.2, -0.15) is 0 Å². The fourth-order valence-electron chi connectivity index (χ4n) is 7.94. The zero-order valence-corrected chi connectivity index (χ0v) is 15.9. The first-order valence-electron chi connectivity index (χ1n) is 10.2. The minimum absolute atomic E-state index is 0.0832. The summed E-state index contributed by atoms with van der Waals surface area (Å²) in [6.07, 6.45) is 6.16. The molecular formula is C21H34O4. The predicted octanol–water partition coefficient (Wildman–Crippen LogP) is 2.68. The number of rotatable bonds is 1. The molecule has 4 aliphatic rings. The van der Waals surface area contributed by atoms with Gasteiger partial charge in [0.25, 0.3) is 0 Å². The van der Waals surface area contributed by atoms with E-state index in [1.54, 1.807) is 0 Å². The number of Topliss-reactive ketones (excluding diaryl/α,β-unsaturated/α-hetero) is 1. The number of fused-ring (bicyclic) bond motifs is 5. The van der Waals surface area contributed by atoms with Crippen molar-refractivity contribution in [1.29, 1.82) is 0 Å². The molecule has 4 rings (SSSR count). The van der Waals surface area contributed by atoms with Crippen molar-refractivity contribution in [3.8, 4) is 0 Å². The van der Waals surface area contributed by atoms with Crippen LogP contribution in [-0.4, -0.2) is 38.9 Å². The van der Waals surface area contributed by atoms with Gasteiger partial charge in [0.05, 0.1) is 12.2 Å². The van der Waals surface area contributed by atoms with Crippen LogP contribution in [0.1, 0.15) is 72.1 Å². The van der Waals surface area contributed by atoms with Crippen molar-refractivity contribution in [2.24, 2.45) is 34.5 Å². The number of hydrogen-bond acceptors (Lipinski definition) is 4. The van der Waals surface area contributed by atoms with Crippen LogP contribution >= 0.6 is 0 Å². The topological polar surface area (TPSA) is 77.8 Å². The fraction of sp³-hybridized carbons (Fsp3) is 0.952. The summed E-state index contributed by atoms with van der Waals surface area (Å²) in [7, 11) is 0. The molecule has 0 bridgehead atoms. The van der Waals surface area contributed by atoms with Crippen molar-refractivity contribution < 1.29 is 20.1 Å². The molecule has 25 heavy (non-hydrogen) atoms. The second-order valence-electron chi connectivity index (χ2n) is 10.1. The molecule has 4 nitrogen and oxygen atoms in total. The standard InChI is InChI=1S/C21H34O4/c1-12(22)21(25)9-7-16-15-5-4-13-10-14(23)6-8-19(13,2)18(15)17(24)11-20(16,21)3/h13-18,23-25H,4-11H2,1-3H3/t13-,14-,15+,16-,17-,18+,19+,20-,21+/m1/s1. The van der Waals surface area contributed by atoms with Crippen molar-refractivity contribution in [3.63, 3.8) is 0 Å². The third-order valence-electron chi connectivity index (χ3n) is 9.30. The third-order valence-corrected chi connectivity index (χ3v) is 9.30. The van der Waals surface area contributed by atoms with Gasteiger partial charge in [-0.3, -0.25) is 4.79 Å². The van der Waals surface area contributed by atoms with E-state index in [2.05, 4.69) is 6.92 Å². The molecule has 9 atom stereocenters. The number of hydrogen-bond donors (Lipinski definition) is 3. The summed E-state index contributed by atoms with van der Waals surface area (Å²) in [5, 5.41) is 32.5. The Morgan fingerprint density at radius 2 is 1.76 bits per heavy atom. The second-order valence-corrected chi connectivity index (χ2v) is 10.1. The van der Waals surface area contributed by atoms with E-state index in [0.29, 0.717) is 30.6 Å². The van der Waals surface area contributed by atoms with Crippen LogP contribution in [0.25, 0.3) is 0 Å². The van der Waals surface area contributed by atoms with Crippen LogP contribution < -0.4 is 0 Å². The number of carbonyl (C=O) groups is 1. The molecule has 0 aromatic carbocycles. The lowest BCUT2D eigenvalue weighted by Crippen LogP contribution is -2.62. The summed E-state index contributed by atoms with van der Waals surface area (Å²) in [6, 6.07) is 0. The minimum atomic E-state index is -1.27. The molecule has 0 aromatic rings. The van der Waals surface area contributed by atoms with Gasteiger partial charge in [-0.1, -0.05) is 13.8 Å². The summed E-state index contributed by atoms with van der Waals surface area (Å²) < 4.78 is 0. The fourth-order valence-corrected chi connectivity index (χ4v) is 7.94. The van der Waals surface area contributed by atoms with Gasteiger partial charge in [0.1, 0.15) is 5.60 Å². The zero-order valence-electron chi connectivity index (χ0n) is 15.9. The molecule has 0 aliphatic heterocycles.